The van der Waals surface area contributed by atoms with Gasteiger partial charge in [-0.2, -0.15) is 4.98 Å². The van der Waals surface area contributed by atoms with Gasteiger partial charge in [-0.3, -0.25) is 9.89 Å². The van der Waals surface area contributed by atoms with Crippen LogP contribution in [0.5, 0.6) is 0 Å². The van der Waals surface area contributed by atoms with Crippen molar-refractivity contribution in [1.29, 1.82) is 0 Å². The zero-order valence-electron chi connectivity index (χ0n) is 16.6. The predicted octanol–water partition coefficient (Wildman–Crippen LogP) is 3.11. The number of hydrogen-bond acceptors (Lipinski definition) is 4. The van der Waals surface area contributed by atoms with Gasteiger partial charge in [-0.25, -0.2) is 0 Å². The molecule has 27 heavy (non-hydrogen) atoms. The number of aromatic amines is 1. The molecule has 3 N–H and O–H groups in total. The van der Waals surface area contributed by atoms with E-state index in [0.717, 1.165) is 24.1 Å². The maximum atomic E-state index is 12.2. The number of H-pyrrole nitrogens is 1. The molecule has 3 aliphatic carbocycles. The van der Waals surface area contributed by atoms with Gasteiger partial charge in [0, 0.05) is 24.4 Å². The summed E-state index contributed by atoms with van der Waals surface area (Å²) in [7, 11) is 1.99. The number of nitrogens with two attached hydrogens (primary N) is 1. The van der Waals surface area contributed by atoms with E-state index in [0.29, 0.717) is 23.8 Å². The second-order valence-electron chi connectivity index (χ2n) is 9.87. The number of nitrogen functional groups attached to an aromatic ring is 1. The molecular weight excluding hydrogens is 338 g/mol. The Labute approximate surface area is 161 Å². The number of nitrogens with zero attached hydrogens (tertiary/aromatic N) is 3. The number of hydrogen-bond donors (Lipinski definition) is 2. The molecule has 1 aromatic heterocycles. The number of amides is 1. The van der Waals surface area contributed by atoms with Crippen LogP contribution in [0.3, 0.4) is 0 Å². The summed E-state index contributed by atoms with van der Waals surface area (Å²) in [4.78, 5) is 18.7. The van der Waals surface area contributed by atoms with Crippen LogP contribution in [0.25, 0.3) is 0 Å². The van der Waals surface area contributed by atoms with Crippen molar-refractivity contribution >= 4 is 11.9 Å². The molecule has 4 aliphatic rings. The Morgan fingerprint density at radius 2 is 2.00 bits per heavy atom. The van der Waals surface area contributed by atoms with Crippen LogP contribution >= 0.6 is 0 Å². The van der Waals surface area contributed by atoms with Gasteiger partial charge in [0.15, 0.2) is 0 Å². The monoisotopic (exact) mass is 369 g/mol. The minimum absolute atomic E-state index is 0.113. The third kappa shape index (κ3) is 2.21. The van der Waals surface area contributed by atoms with Crippen molar-refractivity contribution in [3.8, 4) is 0 Å². The van der Waals surface area contributed by atoms with E-state index in [2.05, 4.69) is 35.1 Å². The van der Waals surface area contributed by atoms with Crippen LogP contribution in [0.15, 0.2) is 12.2 Å². The molecule has 146 valence electrons. The fourth-order valence-corrected chi connectivity index (χ4v) is 7.63. The van der Waals surface area contributed by atoms with Gasteiger partial charge in [-0.15, -0.1) is 5.10 Å². The van der Waals surface area contributed by atoms with Crippen molar-refractivity contribution in [2.24, 2.45) is 28.6 Å². The molecule has 0 spiro atoms. The van der Waals surface area contributed by atoms with Crippen molar-refractivity contribution < 1.29 is 4.79 Å². The van der Waals surface area contributed by atoms with E-state index < -0.39 is 0 Å². The molecule has 2 heterocycles. The SMILES string of the molecule is CN1C(=O)C=C[C@]2(C)[C@H]3CC[C@]4(C)[C@@H](c5nc(N)n[nH]5)CC[C@H]4[C@@H]3CC[C@@H]12. The minimum Gasteiger partial charge on any atom is -0.367 e. The Hall–Kier alpha value is -1.85. The van der Waals surface area contributed by atoms with Gasteiger partial charge in [0.1, 0.15) is 5.82 Å². The summed E-state index contributed by atoms with van der Waals surface area (Å²) in [5.41, 5.74) is 6.17. The van der Waals surface area contributed by atoms with Gasteiger partial charge in [-0.1, -0.05) is 19.9 Å². The predicted molar refractivity (Wildman–Crippen MR) is 104 cm³/mol. The summed E-state index contributed by atoms with van der Waals surface area (Å²) in [6, 6.07) is 0.354. The molecule has 0 radical (unpaired) electrons. The molecule has 1 amide bonds. The maximum absolute atomic E-state index is 12.2. The number of likely N-dealkylation sites (N-methyl/N-ethyl adjacent to an activating group) is 1. The molecule has 6 heteroatoms. The lowest BCUT2D eigenvalue weighted by Crippen LogP contribution is -2.59. The summed E-state index contributed by atoms with van der Waals surface area (Å²) in [5.74, 6) is 4.07. The minimum atomic E-state index is 0.113. The van der Waals surface area contributed by atoms with Gasteiger partial charge in [0.05, 0.1) is 0 Å². The van der Waals surface area contributed by atoms with Crippen molar-refractivity contribution in [2.45, 2.75) is 64.3 Å². The van der Waals surface area contributed by atoms with Gasteiger partial charge in [0.2, 0.25) is 11.9 Å². The maximum Gasteiger partial charge on any atom is 0.246 e. The largest absolute Gasteiger partial charge is 0.367 e. The normalized spacial score (nSPS) is 46.1. The summed E-state index contributed by atoms with van der Waals surface area (Å²) in [5, 5.41) is 7.19. The van der Waals surface area contributed by atoms with Crippen molar-refractivity contribution in [1.82, 2.24) is 20.1 Å². The van der Waals surface area contributed by atoms with Crippen molar-refractivity contribution in [2.75, 3.05) is 12.8 Å². The Balaban J connectivity index is 1.47. The van der Waals surface area contributed by atoms with Gasteiger partial charge in [-0.05, 0) is 67.8 Å². The highest BCUT2D eigenvalue weighted by molar-refractivity contribution is 5.89. The molecule has 1 aliphatic heterocycles. The first-order valence-corrected chi connectivity index (χ1v) is 10.5. The van der Waals surface area contributed by atoms with Crippen LogP contribution < -0.4 is 5.73 Å². The molecule has 0 saturated heterocycles. The number of nitrogens with one attached hydrogen (secondary N) is 1. The highest BCUT2D eigenvalue weighted by Crippen LogP contribution is 2.67. The fraction of sp³-hybridized carbons (Fsp3) is 0.762. The standard InChI is InChI=1S/C21H31N5O/c1-20-10-8-14-12(4-7-16-21(14,2)11-9-17(27)26(16)3)13(20)5-6-15(20)18-23-19(22)25-24-18/h9,11-16H,4-8,10H2,1-3H3,(H3,22,23,24,25)/t12-,13-,14-,15+,16+,20-,21+/m0/s1. The van der Waals surface area contributed by atoms with E-state index in [1.165, 1.54) is 32.1 Å². The second kappa shape index (κ2) is 5.58. The lowest BCUT2D eigenvalue weighted by Gasteiger charge is -2.60. The molecule has 0 aromatic carbocycles. The van der Waals surface area contributed by atoms with Crippen LogP contribution in [-0.4, -0.2) is 39.1 Å². The molecule has 5 rings (SSSR count). The first-order valence-electron chi connectivity index (χ1n) is 10.5. The molecule has 7 atom stereocenters. The third-order valence-corrected chi connectivity index (χ3v) is 8.98. The number of carbonyl (C=O) groups excluding carboxylic acids is 1. The molecule has 3 saturated carbocycles. The summed E-state index contributed by atoms with van der Waals surface area (Å²) >= 11 is 0. The smallest absolute Gasteiger partial charge is 0.246 e. The van der Waals surface area contributed by atoms with E-state index in [1.54, 1.807) is 0 Å². The van der Waals surface area contributed by atoms with E-state index >= 15 is 0 Å². The van der Waals surface area contributed by atoms with Crippen LogP contribution in [0, 0.1) is 28.6 Å². The second-order valence-corrected chi connectivity index (χ2v) is 9.87. The Morgan fingerprint density at radius 1 is 1.19 bits per heavy atom. The number of fused-ring (bicyclic) bond motifs is 5. The molecule has 0 bridgehead atoms. The quantitative estimate of drug-likeness (QED) is 0.796. The third-order valence-electron chi connectivity index (χ3n) is 8.98. The van der Waals surface area contributed by atoms with Crippen LogP contribution in [0.4, 0.5) is 5.95 Å². The highest BCUT2D eigenvalue weighted by atomic mass is 16.2. The lowest BCUT2D eigenvalue weighted by molar-refractivity contribution is -0.138. The van der Waals surface area contributed by atoms with Crippen LogP contribution in [-0.2, 0) is 4.79 Å². The first-order chi connectivity index (χ1) is 12.8. The summed E-state index contributed by atoms with van der Waals surface area (Å²) in [6.45, 7) is 4.88. The van der Waals surface area contributed by atoms with Gasteiger partial charge < -0.3 is 10.6 Å². The summed E-state index contributed by atoms with van der Waals surface area (Å²) < 4.78 is 0. The van der Waals surface area contributed by atoms with E-state index in [9.17, 15) is 4.79 Å². The average molecular weight is 370 g/mol. The van der Waals surface area contributed by atoms with Crippen molar-refractivity contribution in [3.63, 3.8) is 0 Å². The van der Waals surface area contributed by atoms with E-state index in [1.807, 2.05) is 18.0 Å². The highest BCUT2D eigenvalue weighted by Gasteiger charge is 2.60. The average Bonchev–Trinajstić information content (AvgIpc) is 3.21. The van der Waals surface area contributed by atoms with Crippen LogP contribution in [0.2, 0.25) is 0 Å². The van der Waals surface area contributed by atoms with Gasteiger partial charge >= 0.3 is 0 Å². The first kappa shape index (κ1) is 17.3. The Kier molecular flexibility index (Phi) is 3.57. The molecule has 0 unspecified atom stereocenters. The lowest BCUT2D eigenvalue weighted by atomic mass is 9.47. The van der Waals surface area contributed by atoms with Gasteiger partial charge in [0.25, 0.3) is 0 Å². The molecular formula is C21H31N5O. The number of rotatable bonds is 1. The summed E-state index contributed by atoms with van der Waals surface area (Å²) in [6.07, 6.45) is 11.3. The molecule has 1 aromatic rings. The van der Waals surface area contributed by atoms with E-state index in [-0.39, 0.29) is 16.7 Å². The molecule has 6 nitrogen and oxygen atoms in total. The van der Waals surface area contributed by atoms with Crippen LogP contribution in [0.1, 0.15) is 64.1 Å². The Bertz CT molecular complexity index is 802. The zero-order valence-corrected chi connectivity index (χ0v) is 16.6. The van der Waals surface area contributed by atoms with Crippen molar-refractivity contribution in [3.05, 3.63) is 18.0 Å². The number of anilines is 1. The Morgan fingerprint density at radius 3 is 2.74 bits per heavy atom. The zero-order chi connectivity index (χ0) is 19.0. The number of aromatic nitrogens is 3. The fourth-order valence-electron chi connectivity index (χ4n) is 7.63. The topological polar surface area (TPSA) is 87.9 Å². The molecule has 3 fully saturated rings. The van der Waals surface area contributed by atoms with E-state index in [4.69, 9.17) is 5.73 Å². The number of carbonyl (C=O) groups is 1.